The Balaban J connectivity index is 1.93. The van der Waals surface area contributed by atoms with E-state index in [9.17, 15) is 0 Å². The molecule has 0 bridgehead atoms. The number of benzene rings is 2. The molecule has 0 atom stereocenters. The van der Waals surface area contributed by atoms with Crippen LogP contribution < -0.4 is 10.1 Å². The van der Waals surface area contributed by atoms with Gasteiger partial charge < -0.3 is 10.1 Å². The van der Waals surface area contributed by atoms with Gasteiger partial charge in [0.15, 0.2) is 0 Å². The Kier molecular flexibility index (Phi) is 4.65. The summed E-state index contributed by atoms with van der Waals surface area (Å²) >= 11 is 0. The molecule has 0 saturated heterocycles. The van der Waals surface area contributed by atoms with Gasteiger partial charge in [-0.05, 0) is 24.1 Å². The average Bonchev–Trinajstić information content (AvgIpc) is 2.44. The second kappa shape index (κ2) is 6.70. The number of hydrogen-bond acceptors (Lipinski definition) is 2. The topological polar surface area (TPSA) is 21.3 Å². The Labute approximate surface area is 109 Å². The smallest absolute Gasteiger partial charge is 0.121 e. The molecule has 0 unspecified atom stereocenters. The van der Waals surface area contributed by atoms with Crippen LogP contribution in [0.1, 0.15) is 18.9 Å². The molecule has 0 radical (unpaired) electrons. The van der Waals surface area contributed by atoms with Crippen LogP contribution in [-0.4, -0.2) is 6.61 Å². The van der Waals surface area contributed by atoms with Crippen molar-refractivity contribution in [3.8, 4) is 5.75 Å². The molecule has 0 heterocycles. The zero-order valence-corrected chi connectivity index (χ0v) is 10.7. The molecule has 0 amide bonds. The molecule has 2 aromatic carbocycles. The van der Waals surface area contributed by atoms with E-state index in [1.54, 1.807) is 0 Å². The second-order valence-electron chi connectivity index (χ2n) is 4.22. The number of hydrogen-bond donors (Lipinski definition) is 1. The highest BCUT2D eigenvalue weighted by molar-refractivity contribution is 5.48. The van der Waals surface area contributed by atoms with E-state index in [4.69, 9.17) is 4.74 Å². The fourth-order valence-electron chi connectivity index (χ4n) is 1.72. The summed E-state index contributed by atoms with van der Waals surface area (Å²) in [7, 11) is 0. The zero-order chi connectivity index (χ0) is 12.6. The van der Waals surface area contributed by atoms with Crippen LogP contribution >= 0.6 is 0 Å². The van der Waals surface area contributed by atoms with Gasteiger partial charge in [0, 0.05) is 18.3 Å². The minimum absolute atomic E-state index is 0.766. The molecule has 0 aliphatic heterocycles. The van der Waals surface area contributed by atoms with Crippen molar-refractivity contribution in [2.24, 2.45) is 0 Å². The molecule has 2 heteroatoms. The van der Waals surface area contributed by atoms with Crippen LogP contribution in [0.5, 0.6) is 5.75 Å². The molecule has 0 spiro atoms. The van der Waals surface area contributed by atoms with Crippen molar-refractivity contribution in [1.29, 1.82) is 0 Å². The molecule has 1 N–H and O–H groups in total. The summed E-state index contributed by atoms with van der Waals surface area (Å²) in [5, 5.41) is 3.40. The van der Waals surface area contributed by atoms with Crippen molar-refractivity contribution in [2.45, 2.75) is 19.9 Å². The third-order valence-electron chi connectivity index (χ3n) is 2.65. The SMILES string of the molecule is CCCOc1cccc(NCc2ccccc2)c1. The standard InChI is InChI=1S/C16H19NO/c1-2-11-18-16-10-6-9-15(12-16)17-13-14-7-4-3-5-8-14/h3-10,12,17H,2,11,13H2,1H3. The molecule has 0 aliphatic rings. The molecule has 2 rings (SSSR count). The first-order chi connectivity index (χ1) is 8.88. The van der Waals surface area contributed by atoms with E-state index in [1.165, 1.54) is 5.56 Å². The van der Waals surface area contributed by atoms with E-state index >= 15 is 0 Å². The number of anilines is 1. The molecule has 0 fully saturated rings. The van der Waals surface area contributed by atoms with Crippen LogP contribution in [0.15, 0.2) is 54.6 Å². The second-order valence-corrected chi connectivity index (χ2v) is 4.22. The highest BCUT2D eigenvalue weighted by atomic mass is 16.5. The lowest BCUT2D eigenvalue weighted by atomic mass is 10.2. The molecule has 94 valence electrons. The number of nitrogens with one attached hydrogen (secondary N) is 1. The van der Waals surface area contributed by atoms with Gasteiger partial charge in [-0.3, -0.25) is 0 Å². The van der Waals surface area contributed by atoms with Gasteiger partial charge in [-0.15, -0.1) is 0 Å². The monoisotopic (exact) mass is 241 g/mol. The summed E-state index contributed by atoms with van der Waals surface area (Å²) in [6, 6.07) is 18.5. The quantitative estimate of drug-likeness (QED) is 0.822. The summed E-state index contributed by atoms with van der Waals surface area (Å²) in [6.45, 7) is 3.71. The lowest BCUT2D eigenvalue weighted by Crippen LogP contribution is -2.00. The van der Waals surface area contributed by atoms with E-state index in [1.807, 2.05) is 24.3 Å². The van der Waals surface area contributed by atoms with Crippen molar-refractivity contribution in [2.75, 3.05) is 11.9 Å². The van der Waals surface area contributed by atoms with Crippen molar-refractivity contribution in [1.82, 2.24) is 0 Å². The predicted octanol–water partition coefficient (Wildman–Crippen LogP) is 4.09. The molecule has 0 saturated carbocycles. The van der Waals surface area contributed by atoms with E-state index in [-0.39, 0.29) is 0 Å². The summed E-state index contributed by atoms with van der Waals surface area (Å²) in [5.41, 5.74) is 2.37. The number of rotatable bonds is 6. The van der Waals surface area contributed by atoms with Crippen molar-refractivity contribution in [3.05, 3.63) is 60.2 Å². The van der Waals surface area contributed by atoms with Gasteiger partial charge in [-0.2, -0.15) is 0 Å². The highest BCUT2D eigenvalue weighted by Gasteiger charge is 1.96. The van der Waals surface area contributed by atoms with Gasteiger partial charge in [0.05, 0.1) is 6.61 Å². The van der Waals surface area contributed by atoms with Gasteiger partial charge in [-0.25, -0.2) is 0 Å². The summed E-state index contributed by atoms with van der Waals surface area (Å²) in [5.74, 6) is 0.926. The Morgan fingerprint density at radius 1 is 1.00 bits per heavy atom. The lowest BCUT2D eigenvalue weighted by molar-refractivity contribution is 0.317. The molecule has 0 aliphatic carbocycles. The fourth-order valence-corrected chi connectivity index (χ4v) is 1.72. The molecule has 2 nitrogen and oxygen atoms in total. The van der Waals surface area contributed by atoms with E-state index < -0.39 is 0 Å². The summed E-state index contributed by atoms with van der Waals surface area (Å²) < 4.78 is 5.61. The van der Waals surface area contributed by atoms with Crippen LogP contribution in [0.2, 0.25) is 0 Å². The molecule has 2 aromatic rings. The third-order valence-corrected chi connectivity index (χ3v) is 2.65. The normalized spacial score (nSPS) is 10.1. The first kappa shape index (κ1) is 12.5. The first-order valence-electron chi connectivity index (χ1n) is 6.39. The van der Waals surface area contributed by atoms with E-state index in [0.29, 0.717) is 0 Å². The Hall–Kier alpha value is -1.96. The van der Waals surface area contributed by atoms with Gasteiger partial charge in [-0.1, -0.05) is 43.3 Å². The number of ether oxygens (including phenoxy) is 1. The van der Waals surface area contributed by atoms with Crippen molar-refractivity contribution in [3.63, 3.8) is 0 Å². The van der Waals surface area contributed by atoms with Crippen molar-refractivity contribution < 1.29 is 4.74 Å². The van der Waals surface area contributed by atoms with Crippen LogP contribution in [-0.2, 0) is 6.54 Å². The Bertz CT molecular complexity index is 468. The van der Waals surface area contributed by atoms with Gasteiger partial charge in [0.25, 0.3) is 0 Å². The highest BCUT2D eigenvalue weighted by Crippen LogP contribution is 2.18. The summed E-state index contributed by atoms with van der Waals surface area (Å²) in [4.78, 5) is 0. The van der Waals surface area contributed by atoms with Crippen LogP contribution in [0.3, 0.4) is 0 Å². The lowest BCUT2D eigenvalue weighted by Gasteiger charge is -2.09. The molecular weight excluding hydrogens is 222 g/mol. The zero-order valence-electron chi connectivity index (χ0n) is 10.7. The van der Waals surface area contributed by atoms with Crippen LogP contribution in [0.4, 0.5) is 5.69 Å². The Morgan fingerprint density at radius 3 is 2.61 bits per heavy atom. The third kappa shape index (κ3) is 3.81. The molecular formula is C16H19NO. The minimum atomic E-state index is 0.766. The Morgan fingerprint density at radius 2 is 1.83 bits per heavy atom. The van der Waals surface area contributed by atoms with Gasteiger partial charge in [0.1, 0.15) is 5.75 Å². The maximum atomic E-state index is 5.61. The van der Waals surface area contributed by atoms with Crippen LogP contribution in [0.25, 0.3) is 0 Å². The van der Waals surface area contributed by atoms with E-state index in [2.05, 4.69) is 42.6 Å². The summed E-state index contributed by atoms with van der Waals surface area (Å²) in [6.07, 6.45) is 1.03. The maximum Gasteiger partial charge on any atom is 0.121 e. The van der Waals surface area contributed by atoms with Gasteiger partial charge in [0.2, 0.25) is 0 Å². The first-order valence-corrected chi connectivity index (χ1v) is 6.39. The largest absolute Gasteiger partial charge is 0.494 e. The van der Waals surface area contributed by atoms with Crippen molar-refractivity contribution >= 4 is 5.69 Å². The average molecular weight is 241 g/mol. The van der Waals surface area contributed by atoms with Crippen LogP contribution in [0, 0.1) is 0 Å². The molecule has 0 aromatic heterocycles. The van der Waals surface area contributed by atoms with Gasteiger partial charge >= 0.3 is 0 Å². The maximum absolute atomic E-state index is 5.61. The fraction of sp³-hybridized carbons (Fsp3) is 0.250. The molecule has 18 heavy (non-hydrogen) atoms. The van der Waals surface area contributed by atoms with E-state index in [0.717, 1.165) is 31.0 Å². The predicted molar refractivity (Wildman–Crippen MR) is 76.0 cm³/mol. The minimum Gasteiger partial charge on any atom is -0.494 e.